The van der Waals surface area contributed by atoms with Gasteiger partial charge in [0, 0.05) is 24.3 Å². The van der Waals surface area contributed by atoms with Crippen LogP contribution in [-0.4, -0.2) is 28.9 Å². The number of carbonyl (C=O) groups excluding carboxylic acids is 1. The van der Waals surface area contributed by atoms with Gasteiger partial charge in [-0.15, -0.1) is 0 Å². The fraction of sp³-hybridized carbons (Fsp3) is 0.350. The van der Waals surface area contributed by atoms with E-state index in [4.69, 9.17) is 5.26 Å². The number of nitrogens with zero attached hydrogens (tertiary/aromatic N) is 3. The first-order chi connectivity index (χ1) is 12.5. The molecule has 1 aliphatic heterocycles. The van der Waals surface area contributed by atoms with Crippen LogP contribution in [0.3, 0.4) is 0 Å². The van der Waals surface area contributed by atoms with E-state index in [1.165, 1.54) is 12.1 Å². The Morgan fingerprint density at radius 3 is 3.04 bits per heavy atom. The Balaban J connectivity index is 1.64. The molecule has 1 aliphatic rings. The molecule has 2 aromatic rings. The SMILES string of the molecule is Cc1cccc(NC(=O)C2CCCN(Cc3cc(C#N)ccc3F)C2)n1. The quantitative estimate of drug-likeness (QED) is 0.917. The van der Waals surface area contributed by atoms with Crippen molar-refractivity contribution in [2.24, 2.45) is 5.92 Å². The molecular weight excluding hydrogens is 331 g/mol. The maximum atomic E-state index is 14.0. The van der Waals surface area contributed by atoms with Crippen LogP contribution in [0.5, 0.6) is 0 Å². The summed E-state index contributed by atoms with van der Waals surface area (Å²) >= 11 is 0. The molecule has 5 nitrogen and oxygen atoms in total. The number of carbonyl (C=O) groups is 1. The third-order valence-corrected chi connectivity index (χ3v) is 4.58. The Hall–Kier alpha value is -2.78. The number of nitriles is 1. The Bertz CT molecular complexity index is 846. The zero-order chi connectivity index (χ0) is 18.5. The van der Waals surface area contributed by atoms with Crippen LogP contribution < -0.4 is 5.32 Å². The van der Waals surface area contributed by atoms with Crippen LogP contribution in [-0.2, 0) is 11.3 Å². The number of hydrogen-bond acceptors (Lipinski definition) is 4. The molecule has 134 valence electrons. The van der Waals surface area contributed by atoms with E-state index in [-0.39, 0.29) is 17.6 Å². The van der Waals surface area contributed by atoms with E-state index in [1.54, 1.807) is 12.1 Å². The lowest BCUT2D eigenvalue weighted by atomic mass is 9.96. The normalized spacial score (nSPS) is 17.5. The summed E-state index contributed by atoms with van der Waals surface area (Å²) in [5.74, 6) is 0.0201. The highest BCUT2D eigenvalue weighted by Gasteiger charge is 2.26. The van der Waals surface area contributed by atoms with Gasteiger partial charge in [-0.2, -0.15) is 5.26 Å². The van der Waals surface area contributed by atoms with Gasteiger partial charge in [0.2, 0.25) is 5.91 Å². The Morgan fingerprint density at radius 2 is 2.27 bits per heavy atom. The smallest absolute Gasteiger partial charge is 0.229 e. The summed E-state index contributed by atoms with van der Waals surface area (Å²) in [7, 11) is 0. The largest absolute Gasteiger partial charge is 0.310 e. The lowest BCUT2D eigenvalue weighted by molar-refractivity contribution is -0.121. The summed E-state index contributed by atoms with van der Waals surface area (Å²) < 4.78 is 14.0. The molecule has 0 radical (unpaired) electrons. The minimum Gasteiger partial charge on any atom is -0.310 e. The highest BCUT2D eigenvalue weighted by molar-refractivity contribution is 5.91. The number of rotatable bonds is 4. The van der Waals surface area contributed by atoms with Crippen LogP contribution >= 0.6 is 0 Å². The van der Waals surface area contributed by atoms with Crippen molar-refractivity contribution < 1.29 is 9.18 Å². The molecule has 0 spiro atoms. The summed E-state index contributed by atoms with van der Waals surface area (Å²) in [5.41, 5.74) is 1.78. The Labute approximate surface area is 152 Å². The number of aryl methyl sites for hydroxylation is 1. The first-order valence-electron chi connectivity index (χ1n) is 8.70. The molecule has 1 saturated heterocycles. The average molecular weight is 352 g/mol. The second-order valence-electron chi connectivity index (χ2n) is 6.65. The van der Waals surface area contributed by atoms with E-state index in [1.807, 2.05) is 25.1 Å². The molecule has 0 aliphatic carbocycles. The molecule has 6 heteroatoms. The van der Waals surface area contributed by atoms with Gasteiger partial charge < -0.3 is 5.32 Å². The van der Waals surface area contributed by atoms with E-state index < -0.39 is 0 Å². The minimum atomic E-state index is -0.320. The van der Waals surface area contributed by atoms with Crippen LogP contribution in [0.15, 0.2) is 36.4 Å². The second-order valence-corrected chi connectivity index (χ2v) is 6.65. The number of hydrogen-bond donors (Lipinski definition) is 1. The molecule has 2 heterocycles. The lowest BCUT2D eigenvalue weighted by Gasteiger charge is -2.32. The number of halogens is 1. The van der Waals surface area contributed by atoms with Gasteiger partial charge >= 0.3 is 0 Å². The molecule has 26 heavy (non-hydrogen) atoms. The van der Waals surface area contributed by atoms with Crippen LogP contribution in [0, 0.1) is 30.0 Å². The van der Waals surface area contributed by atoms with Crippen molar-refractivity contribution in [3.63, 3.8) is 0 Å². The van der Waals surface area contributed by atoms with Crippen molar-refractivity contribution in [1.29, 1.82) is 5.26 Å². The molecule has 0 bridgehead atoms. The fourth-order valence-corrected chi connectivity index (χ4v) is 3.26. The molecular formula is C20H21FN4O. The van der Waals surface area contributed by atoms with Gasteiger partial charge in [0.05, 0.1) is 17.6 Å². The fourth-order valence-electron chi connectivity index (χ4n) is 3.26. The standard InChI is InChI=1S/C20H21FN4O/c1-14-4-2-6-19(23-14)24-20(26)16-5-3-9-25(12-16)13-17-10-15(11-22)7-8-18(17)21/h2,4,6-8,10,16H,3,5,9,12-13H2,1H3,(H,23,24,26). The zero-order valence-electron chi connectivity index (χ0n) is 14.7. The van der Waals surface area contributed by atoms with Gasteiger partial charge in [0.25, 0.3) is 0 Å². The molecule has 1 amide bonds. The Morgan fingerprint density at radius 1 is 1.42 bits per heavy atom. The monoisotopic (exact) mass is 352 g/mol. The van der Waals surface area contributed by atoms with Crippen LogP contribution in [0.1, 0.15) is 29.7 Å². The van der Waals surface area contributed by atoms with Gasteiger partial charge in [-0.25, -0.2) is 9.37 Å². The van der Waals surface area contributed by atoms with Gasteiger partial charge in [-0.3, -0.25) is 9.69 Å². The van der Waals surface area contributed by atoms with E-state index in [2.05, 4.69) is 15.2 Å². The number of nitrogens with one attached hydrogen (secondary N) is 1. The topological polar surface area (TPSA) is 69.0 Å². The van der Waals surface area contributed by atoms with Crippen LogP contribution in [0.25, 0.3) is 0 Å². The number of aromatic nitrogens is 1. The zero-order valence-corrected chi connectivity index (χ0v) is 14.7. The van der Waals surface area contributed by atoms with Gasteiger partial charge in [-0.1, -0.05) is 6.07 Å². The number of piperidine rings is 1. The predicted molar refractivity (Wildman–Crippen MR) is 96.7 cm³/mol. The van der Waals surface area contributed by atoms with Crippen molar-refractivity contribution in [3.8, 4) is 6.07 Å². The molecule has 1 N–H and O–H groups in total. The second kappa shape index (κ2) is 8.07. The summed E-state index contributed by atoms with van der Waals surface area (Å²) in [6, 6.07) is 11.9. The minimum absolute atomic E-state index is 0.0564. The highest BCUT2D eigenvalue weighted by atomic mass is 19.1. The Kier molecular flexibility index (Phi) is 5.59. The number of anilines is 1. The average Bonchev–Trinajstić information content (AvgIpc) is 2.64. The maximum Gasteiger partial charge on any atom is 0.229 e. The first-order valence-corrected chi connectivity index (χ1v) is 8.70. The third kappa shape index (κ3) is 4.44. The van der Waals surface area contributed by atoms with Crippen molar-refractivity contribution >= 4 is 11.7 Å². The summed E-state index contributed by atoms with van der Waals surface area (Å²) in [4.78, 5) is 18.9. The van der Waals surface area contributed by atoms with E-state index in [0.717, 1.165) is 25.1 Å². The molecule has 1 aromatic heterocycles. The first kappa shape index (κ1) is 18.0. The molecule has 1 unspecified atom stereocenters. The summed E-state index contributed by atoms with van der Waals surface area (Å²) in [6.45, 7) is 3.65. The van der Waals surface area contributed by atoms with Gasteiger partial charge in [-0.05, 0) is 56.6 Å². The molecule has 1 aromatic carbocycles. The summed E-state index contributed by atoms with van der Waals surface area (Å²) in [6.07, 6.45) is 1.67. The molecule has 1 atom stereocenters. The molecule has 0 saturated carbocycles. The van der Waals surface area contributed by atoms with Crippen LogP contribution in [0.4, 0.5) is 10.2 Å². The number of benzene rings is 1. The number of pyridine rings is 1. The summed E-state index contributed by atoms with van der Waals surface area (Å²) in [5, 5.41) is 11.9. The van der Waals surface area contributed by atoms with Crippen molar-refractivity contribution in [3.05, 3.63) is 59.0 Å². The van der Waals surface area contributed by atoms with E-state index in [9.17, 15) is 9.18 Å². The predicted octanol–water partition coefficient (Wildman–Crippen LogP) is 3.25. The maximum absolute atomic E-state index is 14.0. The van der Waals surface area contributed by atoms with Crippen molar-refractivity contribution in [2.75, 3.05) is 18.4 Å². The van der Waals surface area contributed by atoms with Crippen molar-refractivity contribution in [2.45, 2.75) is 26.3 Å². The lowest BCUT2D eigenvalue weighted by Crippen LogP contribution is -2.40. The molecule has 3 rings (SSSR count). The van der Waals surface area contributed by atoms with Gasteiger partial charge in [0.15, 0.2) is 0 Å². The van der Waals surface area contributed by atoms with Crippen LogP contribution in [0.2, 0.25) is 0 Å². The van der Waals surface area contributed by atoms with E-state index in [0.29, 0.717) is 30.0 Å². The molecule has 1 fully saturated rings. The number of likely N-dealkylation sites (tertiary alicyclic amines) is 1. The number of amides is 1. The highest BCUT2D eigenvalue weighted by Crippen LogP contribution is 2.21. The van der Waals surface area contributed by atoms with E-state index >= 15 is 0 Å². The van der Waals surface area contributed by atoms with Crippen molar-refractivity contribution in [1.82, 2.24) is 9.88 Å². The van der Waals surface area contributed by atoms with Gasteiger partial charge in [0.1, 0.15) is 11.6 Å². The third-order valence-electron chi connectivity index (χ3n) is 4.58.